The Morgan fingerprint density at radius 2 is 1.84 bits per heavy atom. The Labute approximate surface area is 223 Å². The maximum absolute atomic E-state index is 14.6. The predicted octanol–water partition coefficient (Wildman–Crippen LogP) is 6.97. The summed E-state index contributed by atoms with van der Waals surface area (Å²) < 4.78 is 28.1. The quantitative estimate of drug-likeness (QED) is 0.412. The number of rotatable bonds is 6. The summed E-state index contributed by atoms with van der Waals surface area (Å²) in [6.45, 7) is 10.8. The van der Waals surface area contributed by atoms with Crippen LogP contribution in [0.1, 0.15) is 86.1 Å². The number of hydrogen-bond donors (Lipinski definition) is 1. The molecular formula is C30H35ClF2N2O2. The summed E-state index contributed by atoms with van der Waals surface area (Å²) in [5, 5.41) is 3.76. The van der Waals surface area contributed by atoms with Gasteiger partial charge in [0.1, 0.15) is 11.6 Å². The van der Waals surface area contributed by atoms with Gasteiger partial charge < -0.3 is 10.2 Å². The molecule has 37 heavy (non-hydrogen) atoms. The van der Waals surface area contributed by atoms with Crippen molar-refractivity contribution in [2.45, 2.75) is 70.8 Å². The molecule has 1 N–H and O–H groups in total. The van der Waals surface area contributed by atoms with E-state index in [1.165, 1.54) is 19.1 Å². The van der Waals surface area contributed by atoms with Crippen LogP contribution >= 0.6 is 11.6 Å². The summed E-state index contributed by atoms with van der Waals surface area (Å²) in [5.41, 5.74) is 4.49. The van der Waals surface area contributed by atoms with Crippen molar-refractivity contribution >= 4 is 23.4 Å². The molecule has 1 aliphatic carbocycles. The van der Waals surface area contributed by atoms with Crippen molar-refractivity contribution in [3.8, 4) is 0 Å². The number of piperidine rings is 1. The van der Waals surface area contributed by atoms with Crippen LogP contribution < -0.4 is 5.32 Å². The first-order valence-corrected chi connectivity index (χ1v) is 13.4. The van der Waals surface area contributed by atoms with Crippen LogP contribution in [0.15, 0.2) is 42.5 Å². The Morgan fingerprint density at radius 1 is 1.14 bits per heavy atom. The van der Waals surface area contributed by atoms with Crippen molar-refractivity contribution in [1.29, 1.82) is 0 Å². The number of carbonyl (C=O) groups excluding carboxylic acids is 2. The van der Waals surface area contributed by atoms with Gasteiger partial charge in [0.2, 0.25) is 11.8 Å². The Bertz CT molecular complexity index is 1210. The maximum atomic E-state index is 14.6. The van der Waals surface area contributed by atoms with Crippen molar-refractivity contribution < 1.29 is 18.4 Å². The molecule has 3 atom stereocenters. The highest BCUT2D eigenvalue weighted by molar-refractivity contribution is 6.31. The van der Waals surface area contributed by atoms with Crippen LogP contribution in [-0.4, -0.2) is 29.8 Å². The summed E-state index contributed by atoms with van der Waals surface area (Å²) >= 11 is 6.52. The van der Waals surface area contributed by atoms with E-state index >= 15 is 0 Å². The second kappa shape index (κ2) is 11.3. The van der Waals surface area contributed by atoms with Gasteiger partial charge in [0.05, 0.1) is 6.04 Å². The van der Waals surface area contributed by atoms with Crippen LogP contribution in [0.4, 0.5) is 8.78 Å². The first-order chi connectivity index (χ1) is 17.6. The van der Waals surface area contributed by atoms with Crippen LogP contribution in [0.3, 0.4) is 0 Å². The van der Waals surface area contributed by atoms with Gasteiger partial charge in [-0.25, -0.2) is 8.78 Å². The number of likely N-dealkylation sites (tertiary alicyclic amines) is 1. The fourth-order valence-corrected chi connectivity index (χ4v) is 6.22. The molecule has 2 aliphatic rings. The molecule has 0 aromatic heterocycles. The normalized spacial score (nSPS) is 21.2. The topological polar surface area (TPSA) is 49.4 Å². The Balaban J connectivity index is 1.51. The second-order valence-electron chi connectivity index (χ2n) is 10.5. The summed E-state index contributed by atoms with van der Waals surface area (Å²) in [7, 11) is 0. The first kappa shape index (κ1) is 27.3. The van der Waals surface area contributed by atoms with Crippen LogP contribution in [0.25, 0.3) is 0 Å². The Hall–Kier alpha value is -2.73. The molecule has 1 saturated carbocycles. The number of nitrogens with zero attached hydrogens (tertiary/aromatic N) is 1. The molecule has 0 radical (unpaired) electrons. The van der Waals surface area contributed by atoms with E-state index in [9.17, 15) is 18.4 Å². The van der Waals surface area contributed by atoms with Gasteiger partial charge in [-0.3, -0.25) is 9.59 Å². The molecule has 2 aromatic rings. The van der Waals surface area contributed by atoms with Crippen molar-refractivity contribution in [2.75, 3.05) is 13.1 Å². The molecule has 1 aliphatic heterocycles. The number of nitrogens with one attached hydrogen (secondary N) is 1. The summed E-state index contributed by atoms with van der Waals surface area (Å²) in [6, 6.07) is 7.60. The highest BCUT2D eigenvalue weighted by atomic mass is 35.5. The molecule has 4 rings (SSSR count). The highest BCUT2D eigenvalue weighted by Gasteiger charge is 2.40. The molecule has 0 spiro atoms. The average Bonchev–Trinajstić information content (AvgIpc) is 3.24. The third-order valence-corrected chi connectivity index (χ3v) is 8.36. The number of carbonyl (C=O) groups is 2. The van der Waals surface area contributed by atoms with E-state index in [2.05, 4.69) is 18.0 Å². The van der Waals surface area contributed by atoms with E-state index in [1.54, 1.807) is 0 Å². The van der Waals surface area contributed by atoms with E-state index in [1.807, 2.05) is 24.8 Å². The number of aryl methyl sites for hydroxylation is 1. The molecule has 0 unspecified atom stereocenters. The smallest absolute Gasteiger partial charge is 0.226 e. The molecule has 198 valence electrons. The maximum Gasteiger partial charge on any atom is 0.226 e. The lowest BCUT2D eigenvalue weighted by Gasteiger charge is -2.36. The van der Waals surface area contributed by atoms with Crippen LogP contribution in [0.2, 0.25) is 5.02 Å². The molecule has 1 saturated heterocycles. The van der Waals surface area contributed by atoms with Gasteiger partial charge in [0, 0.05) is 42.9 Å². The van der Waals surface area contributed by atoms with Gasteiger partial charge in [-0.1, -0.05) is 42.8 Å². The minimum absolute atomic E-state index is 0.0117. The standard InChI is InChI=1S/C30H35ClF2N2O2/c1-5-29(34-19(4)36)25-14-18(3)27(31)16-23(25)20-8-10-35(11-9-20)30(37)26-13-17(2)12-24(26)22-7-6-21(32)15-28(22)33/h6-7,14-16,20,24,26,29H,2,5,8-13H2,1,3-4H3,(H,34,36)/t24-,26+,29-/m0/s1. The van der Waals surface area contributed by atoms with E-state index in [-0.39, 0.29) is 29.7 Å². The SMILES string of the molecule is C=C1C[C@@H](C(=O)N2CCC(c3cc(Cl)c(C)cc3[C@H](CC)NC(C)=O)CC2)[C@H](c2ccc(F)cc2F)C1. The van der Waals surface area contributed by atoms with Crippen LogP contribution in [-0.2, 0) is 9.59 Å². The van der Waals surface area contributed by atoms with E-state index < -0.39 is 17.6 Å². The molecule has 7 heteroatoms. The van der Waals surface area contributed by atoms with Gasteiger partial charge in [-0.05, 0) is 79.3 Å². The zero-order chi connectivity index (χ0) is 26.9. The van der Waals surface area contributed by atoms with Crippen LogP contribution in [0.5, 0.6) is 0 Å². The summed E-state index contributed by atoms with van der Waals surface area (Å²) in [5.74, 6) is -1.80. The molecule has 1 heterocycles. The third-order valence-electron chi connectivity index (χ3n) is 7.95. The average molecular weight is 529 g/mol. The fraction of sp³-hybridized carbons (Fsp3) is 0.467. The molecule has 0 bridgehead atoms. The number of halogens is 3. The van der Waals surface area contributed by atoms with Gasteiger partial charge >= 0.3 is 0 Å². The van der Waals surface area contributed by atoms with Gasteiger partial charge in [-0.15, -0.1) is 0 Å². The summed E-state index contributed by atoms with van der Waals surface area (Å²) in [6.07, 6.45) is 3.36. The second-order valence-corrected chi connectivity index (χ2v) is 10.9. The third kappa shape index (κ3) is 5.90. The first-order valence-electron chi connectivity index (χ1n) is 13.1. The highest BCUT2D eigenvalue weighted by Crippen LogP contribution is 2.45. The lowest BCUT2D eigenvalue weighted by atomic mass is 9.82. The Morgan fingerprint density at radius 3 is 2.46 bits per heavy atom. The molecule has 2 amide bonds. The van der Waals surface area contributed by atoms with E-state index in [0.29, 0.717) is 36.5 Å². The number of benzene rings is 2. The number of allylic oxidation sites excluding steroid dienone is 1. The van der Waals surface area contributed by atoms with Gasteiger partial charge in [0.15, 0.2) is 0 Å². The molecule has 2 aromatic carbocycles. The van der Waals surface area contributed by atoms with E-state index in [4.69, 9.17) is 11.6 Å². The molecule has 4 nitrogen and oxygen atoms in total. The molecular weight excluding hydrogens is 494 g/mol. The minimum Gasteiger partial charge on any atom is -0.350 e. The number of hydrogen-bond acceptors (Lipinski definition) is 2. The van der Waals surface area contributed by atoms with Gasteiger partial charge in [-0.2, -0.15) is 0 Å². The summed E-state index contributed by atoms with van der Waals surface area (Å²) in [4.78, 5) is 27.3. The van der Waals surface area contributed by atoms with Crippen molar-refractivity contribution in [3.63, 3.8) is 0 Å². The van der Waals surface area contributed by atoms with Crippen LogP contribution in [0, 0.1) is 24.5 Å². The van der Waals surface area contributed by atoms with Crippen molar-refractivity contribution in [3.05, 3.63) is 81.4 Å². The lowest BCUT2D eigenvalue weighted by Crippen LogP contribution is -2.42. The zero-order valence-corrected chi connectivity index (χ0v) is 22.5. The fourth-order valence-electron chi connectivity index (χ4n) is 6.04. The number of amides is 2. The predicted molar refractivity (Wildman–Crippen MR) is 143 cm³/mol. The minimum atomic E-state index is -0.623. The lowest BCUT2D eigenvalue weighted by molar-refractivity contribution is -0.136. The zero-order valence-electron chi connectivity index (χ0n) is 21.8. The van der Waals surface area contributed by atoms with Gasteiger partial charge in [0.25, 0.3) is 0 Å². The largest absolute Gasteiger partial charge is 0.350 e. The Kier molecular flexibility index (Phi) is 8.37. The molecule has 2 fully saturated rings. The monoisotopic (exact) mass is 528 g/mol. The van der Waals surface area contributed by atoms with E-state index in [0.717, 1.165) is 47.6 Å². The van der Waals surface area contributed by atoms with Crippen molar-refractivity contribution in [2.24, 2.45) is 5.92 Å². The van der Waals surface area contributed by atoms with Crippen molar-refractivity contribution in [1.82, 2.24) is 10.2 Å².